The van der Waals surface area contributed by atoms with E-state index < -0.39 is 23.5 Å². The number of hydrazone groups is 1. The maximum Gasteiger partial charge on any atom is 0.418 e. The predicted molar refractivity (Wildman–Crippen MR) is 142 cm³/mol. The van der Waals surface area contributed by atoms with Crippen LogP contribution in [0.3, 0.4) is 0 Å². The van der Waals surface area contributed by atoms with Crippen molar-refractivity contribution in [1.29, 1.82) is 0 Å². The molecule has 0 fully saturated rings. The summed E-state index contributed by atoms with van der Waals surface area (Å²) in [6.45, 7) is 0. The standard InChI is InChI=1S/C15H13F3N2.C14H9ClF3N/c16-15(17,18)13-9-5-4-8-12(13)10-14(20-19)11-6-2-1-3-7-11;15-13(10-6-2-1-3-7-10)19-12-9-5-4-8-11(12)14(16,17)18/h1-9H,10,19H2;1-9H. The van der Waals surface area contributed by atoms with Crippen LogP contribution in [0.4, 0.5) is 32.0 Å². The zero-order chi connectivity index (χ0) is 28.5. The Morgan fingerprint density at radius 2 is 1.08 bits per heavy atom. The first kappa shape index (κ1) is 29.4. The molecule has 0 saturated heterocycles. The van der Waals surface area contributed by atoms with Crippen molar-refractivity contribution in [2.75, 3.05) is 0 Å². The van der Waals surface area contributed by atoms with E-state index in [9.17, 15) is 26.3 Å². The maximum atomic E-state index is 12.9. The fourth-order valence-electron chi connectivity index (χ4n) is 3.54. The van der Waals surface area contributed by atoms with Crippen LogP contribution in [0.15, 0.2) is 119 Å². The predicted octanol–water partition coefficient (Wildman–Crippen LogP) is 8.63. The molecule has 0 bridgehead atoms. The van der Waals surface area contributed by atoms with Gasteiger partial charge in [0.15, 0.2) is 0 Å². The smallest absolute Gasteiger partial charge is 0.323 e. The minimum absolute atomic E-state index is 0.0253. The molecule has 39 heavy (non-hydrogen) atoms. The van der Waals surface area contributed by atoms with E-state index in [-0.39, 0.29) is 22.8 Å². The van der Waals surface area contributed by atoms with Gasteiger partial charge >= 0.3 is 12.4 Å². The molecule has 0 aromatic heterocycles. The Bertz CT molecular complexity index is 1420. The third kappa shape index (κ3) is 8.44. The lowest BCUT2D eigenvalue weighted by atomic mass is 9.98. The van der Waals surface area contributed by atoms with E-state index in [1.54, 1.807) is 60.7 Å². The average molecular weight is 562 g/mol. The summed E-state index contributed by atoms with van der Waals surface area (Å²) in [5.74, 6) is 5.32. The van der Waals surface area contributed by atoms with Crippen LogP contribution in [-0.4, -0.2) is 10.9 Å². The number of aliphatic imine (C=N–C) groups is 1. The lowest BCUT2D eigenvalue weighted by Crippen LogP contribution is -2.14. The van der Waals surface area contributed by atoms with Gasteiger partial charge in [-0.25, -0.2) is 4.99 Å². The zero-order valence-electron chi connectivity index (χ0n) is 20.2. The molecule has 0 unspecified atom stereocenters. The van der Waals surface area contributed by atoms with Crippen molar-refractivity contribution < 1.29 is 26.3 Å². The van der Waals surface area contributed by atoms with Crippen molar-refractivity contribution in [3.63, 3.8) is 0 Å². The van der Waals surface area contributed by atoms with E-state index in [0.717, 1.165) is 12.1 Å². The molecule has 2 N–H and O–H groups in total. The zero-order valence-corrected chi connectivity index (χ0v) is 21.0. The highest BCUT2D eigenvalue weighted by molar-refractivity contribution is 6.69. The van der Waals surface area contributed by atoms with Crippen molar-refractivity contribution >= 4 is 28.2 Å². The van der Waals surface area contributed by atoms with Gasteiger partial charge < -0.3 is 5.84 Å². The van der Waals surface area contributed by atoms with Crippen molar-refractivity contribution in [1.82, 2.24) is 0 Å². The van der Waals surface area contributed by atoms with Gasteiger partial charge in [0.1, 0.15) is 5.17 Å². The fourth-order valence-corrected chi connectivity index (χ4v) is 3.76. The number of halogens is 7. The van der Waals surface area contributed by atoms with E-state index in [1.165, 1.54) is 30.3 Å². The van der Waals surface area contributed by atoms with E-state index >= 15 is 0 Å². The number of para-hydroxylation sites is 1. The number of hydrogen-bond acceptors (Lipinski definition) is 3. The van der Waals surface area contributed by atoms with Crippen molar-refractivity contribution in [2.45, 2.75) is 18.8 Å². The highest BCUT2D eigenvalue weighted by Gasteiger charge is 2.34. The SMILES string of the molecule is FC(F)(F)c1ccccc1N=C(Cl)c1ccccc1.NN=C(Cc1ccccc1C(F)(F)F)c1ccccc1. The number of benzene rings is 4. The Kier molecular flexibility index (Phi) is 9.89. The van der Waals surface area contributed by atoms with Crippen LogP contribution in [0.25, 0.3) is 0 Å². The Morgan fingerprint density at radius 3 is 1.62 bits per heavy atom. The Balaban J connectivity index is 0.000000216. The number of nitrogens with zero attached hydrogens (tertiary/aromatic N) is 2. The molecule has 10 heteroatoms. The Labute approximate surface area is 226 Å². The van der Waals surface area contributed by atoms with Crippen LogP contribution < -0.4 is 5.84 Å². The molecule has 4 aromatic rings. The summed E-state index contributed by atoms with van der Waals surface area (Å²) >= 11 is 5.95. The van der Waals surface area contributed by atoms with Crippen molar-refractivity contribution in [2.24, 2.45) is 15.9 Å². The Hall–Kier alpha value is -4.11. The second kappa shape index (κ2) is 13.1. The third-order valence-corrected chi connectivity index (χ3v) is 5.69. The number of nitrogens with two attached hydrogens (primary N) is 1. The largest absolute Gasteiger partial charge is 0.418 e. The van der Waals surface area contributed by atoms with Crippen molar-refractivity contribution in [3.05, 3.63) is 137 Å². The molecule has 0 atom stereocenters. The molecule has 4 aromatic carbocycles. The van der Waals surface area contributed by atoms with Gasteiger partial charge in [0.25, 0.3) is 0 Å². The molecule has 0 amide bonds. The van der Waals surface area contributed by atoms with E-state index in [1.807, 2.05) is 6.07 Å². The van der Waals surface area contributed by atoms with Gasteiger partial charge in [-0.3, -0.25) is 0 Å². The second-order valence-electron chi connectivity index (χ2n) is 8.06. The molecule has 0 spiro atoms. The van der Waals surface area contributed by atoms with E-state index in [0.29, 0.717) is 16.8 Å². The number of hydrogen-bond donors (Lipinski definition) is 1. The molecular formula is C29H22ClF6N3. The van der Waals surface area contributed by atoms with Crippen LogP contribution in [0, 0.1) is 0 Å². The normalized spacial score (nSPS) is 12.5. The van der Waals surface area contributed by atoms with E-state index in [4.69, 9.17) is 17.4 Å². The first-order valence-electron chi connectivity index (χ1n) is 11.4. The van der Waals surface area contributed by atoms with Crippen LogP contribution in [-0.2, 0) is 18.8 Å². The van der Waals surface area contributed by atoms with Gasteiger partial charge in [0.05, 0.1) is 22.5 Å². The van der Waals surface area contributed by atoms with Gasteiger partial charge in [-0.1, -0.05) is 103 Å². The summed E-state index contributed by atoms with van der Waals surface area (Å²) in [5, 5.41) is 3.65. The first-order chi connectivity index (χ1) is 18.5. The average Bonchev–Trinajstić information content (AvgIpc) is 2.92. The van der Waals surface area contributed by atoms with Crippen LogP contribution in [0.1, 0.15) is 27.8 Å². The van der Waals surface area contributed by atoms with Gasteiger partial charge in [-0.05, 0) is 29.3 Å². The third-order valence-electron chi connectivity index (χ3n) is 5.38. The monoisotopic (exact) mass is 561 g/mol. The number of rotatable bonds is 5. The second-order valence-corrected chi connectivity index (χ2v) is 8.42. The van der Waals surface area contributed by atoms with Gasteiger partial charge in [0, 0.05) is 12.0 Å². The molecule has 3 nitrogen and oxygen atoms in total. The fraction of sp³-hybridized carbons (Fsp3) is 0.103. The summed E-state index contributed by atoms with van der Waals surface area (Å²) in [6, 6.07) is 28.1. The molecule has 0 radical (unpaired) electrons. The van der Waals surface area contributed by atoms with Crippen LogP contribution in [0.2, 0.25) is 0 Å². The topological polar surface area (TPSA) is 50.7 Å². The molecule has 0 heterocycles. The Morgan fingerprint density at radius 1 is 0.615 bits per heavy atom. The van der Waals surface area contributed by atoms with Crippen LogP contribution in [0.5, 0.6) is 0 Å². The van der Waals surface area contributed by atoms with Crippen LogP contribution >= 0.6 is 11.6 Å². The summed E-state index contributed by atoms with van der Waals surface area (Å²) in [6.07, 6.45) is -8.79. The first-order valence-corrected chi connectivity index (χ1v) is 11.8. The minimum Gasteiger partial charge on any atom is -0.323 e. The lowest BCUT2D eigenvalue weighted by molar-refractivity contribution is -0.138. The van der Waals surface area contributed by atoms with Gasteiger partial charge in [0.2, 0.25) is 0 Å². The molecular weight excluding hydrogens is 540 g/mol. The van der Waals surface area contributed by atoms with Gasteiger partial charge in [-0.2, -0.15) is 31.4 Å². The van der Waals surface area contributed by atoms with E-state index in [2.05, 4.69) is 10.1 Å². The lowest BCUT2D eigenvalue weighted by Gasteiger charge is -2.13. The van der Waals surface area contributed by atoms with Crippen molar-refractivity contribution in [3.8, 4) is 0 Å². The summed E-state index contributed by atoms with van der Waals surface area (Å²) in [7, 11) is 0. The quantitative estimate of drug-likeness (QED) is 0.113. The maximum absolute atomic E-state index is 12.9. The minimum atomic E-state index is -4.45. The highest BCUT2D eigenvalue weighted by Crippen LogP contribution is 2.36. The highest BCUT2D eigenvalue weighted by atomic mass is 35.5. The summed E-state index contributed by atoms with van der Waals surface area (Å²) in [4.78, 5) is 3.86. The van der Waals surface area contributed by atoms with Gasteiger partial charge in [-0.15, -0.1) is 0 Å². The summed E-state index contributed by atoms with van der Waals surface area (Å²) in [5.41, 5.74) is 0.216. The molecule has 0 aliphatic heterocycles. The summed E-state index contributed by atoms with van der Waals surface area (Å²) < 4.78 is 77.2. The molecule has 4 rings (SSSR count). The number of alkyl halides is 6. The molecule has 0 saturated carbocycles. The molecule has 0 aliphatic carbocycles. The molecule has 0 aliphatic rings. The molecule has 202 valence electrons.